The van der Waals surface area contributed by atoms with E-state index in [1.807, 2.05) is 6.92 Å². The second-order valence-corrected chi connectivity index (χ2v) is 24.6. The number of ether oxygens (including phenoxy) is 14. The molecule has 0 aromatic carbocycles. The van der Waals surface area contributed by atoms with Crippen LogP contribution in [0.3, 0.4) is 0 Å². The number of aliphatic carboxylic acids is 1. The van der Waals surface area contributed by atoms with Crippen molar-refractivity contribution in [2.24, 2.45) is 0 Å². The van der Waals surface area contributed by atoms with E-state index in [1.54, 1.807) is 0 Å². The van der Waals surface area contributed by atoms with E-state index in [1.165, 1.54) is 27.7 Å². The Labute approximate surface area is 523 Å². The quantitative estimate of drug-likeness (QED) is 0.0309. The van der Waals surface area contributed by atoms with Crippen molar-refractivity contribution in [2.45, 2.75) is 326 Å². The summed E-state index contributed by atoms with van der Waals surface area (Å²) in [5, 5.41) is 216. The highest BCUT2D eigenvalue weighted by molar-refractivity contribution is 5.67. The van der Waals surface area contributed by atoms with E-state index in [0.29, 0.717) is 51.4 Å². The zero-order valence-electron chi connectivity index (χ0n) is 51.1. The minimum absolute atomic E-state index is 0.224. The summed E-state index contributed by atoms with van der Waals surface area (Å²) in [6, 6.07) is 0. The zero-order chi connectivity index (χ0) is 67.0. The molecule has 0 saturated carbocycles. The molecule has 0 amide bonds. The fourth-order valence-electron chi connectivity index (χ4n) is 12.2. The smallest absolute Gasteiger partial charge is 0.305 e. The number of carboxylic acids is 1. The Bertz CT molecular complexity index is 2150. The van der Waals surface area contributed by atoms with Crippen molar-refractivity contribution >= 4 is 5.97 Å². The first-order chi connectivity index (χ1) is 43.1. The summed E-state index contributed by atoms with van der Waals surface area (Å²) in [6.45, 7) is 4.78. The number of aliphatic hydroxyl groups is 19. The largest absolute Gasteiger partial charge is 0.481 e. The normalized spacial score (nSPS) is 48.2. The number of rotatable bonds is 29. The van der Waals surface area contributed by atoms with Crippen LogP contribution in [0, 0.1) is 0 Å². The first kappa shape index (κ1) is 76.5. The molecular weight excluding hydrogens is 1230 g/mol. The van der Waals surface area contributed by atoms with E-state index in [9.17, 15) is 107 Å². The minimum atomic E-state index is -2.24. The topological polar surface area (TPSA) is 551 Å². The van der Waals surface area contributed by atoms with Gasteiger partial charge in [0.15, 0.2) is 44.0 Å². The lowest BCUT2D eigenvalue weighted by atomic mass is 9.95. The molecule has 7 heterocycles. The number of hydrogen-bond donors (Lipinski definition) is 20. The van der Waals surface area contributed by atoms with Crippen LogP contribution in [0.5, 0.6) is 0 Å². The van der Waals surface area contributed by atoms with Gasteiger partial charge in [-0.25, -0.2) is 0 Å². The molecule has 0 aliphatic carbocycles. The van der Waals surface area contributed by atoms with Gasteiger partial charge in [-0.1, -0.05) is 45.4 Å². The molecule has 37 atom stereocenters. The molecule has 7 aliphatic heterocycles. The molecule has 91 heavy (non-hydrogen) atoms. The van der Waals surface area contributed by atoms with Crippen molar-refractivity contribution in [2.75, 3.05) is 19.8 Å². The molecule has 0 bridgehead atoms. The van der Waals surface area contributed by atoms with E-state index >= 15 is 0 Å². The van der Waals surface area contributed by atoms with Gasteiger partial charge in [0.05, 0.1) is 62.9 Å². The number of carbonyl (C=O) groups is 1. The lowest BCUT2D eigenvalue weighted by molar-refractivity contribution is -0.414. The lowest BCUT2D eigenvalue weighted by Gasteiger charge is -2.51. The predicted molar refractivity (Wildman–Crippen MR) is 294 cm³/mol. The van der Waals surface area contributed by atoms with Gasteiger partial charge in [-0.05, 0) is 47.0 Å². The molecule has 0 radical (unpaired) electrons. The Morgan fingerprint density at radius 2 is 0.659 bits per heavy atom. The molecule has 0 spiro atoms. The van der Waals surface area contributed by atoms with Crippen molar-refractivity contribution in [3.8, 4) is 0 Å². The number of aliphatic hydroxyl groups excluding tert-OH is 19. The third kappa shape index (κ3) is 18.3. The van der Waals surface area contributed by atoms with Crippen LogP contribution in [0.15, 0.2) is 0 Å². The Hall–Kier alpha value is -1.85. The second-order valence-electron chi connectivity index (χ2n) is 24.6. The monoisotopic (exact) mass is 1330 g/mol. The molecule has 0 aromatic heterocycles. The molecule has 0 aromatic rings. The second kappa shape index (κ2) is 34.6. The SMILES string of the molecule is CCC[C@@H](CCCCCCC[C@@H](CC(=O)O)O[C@@H]1O[C@H](CO)[C@@H](O)[C@H](O)[C@H]1O)O[C@@H]1O[C@H](C)[C@H](O)[C@H](O)[C@H]1O[C@@H]1O[C@H](CO)[C@@H](O)[C@H](O)[C@H]1O[C@@H]1O[C@@H](C)[C@H](O[C@@H]2O[C@H](C)[C@H](O)[C@H](O)[C@H]2O)[C@@H](O[C@@H]2O[C@H](CO)[C@@H](O)[C@H](O)[C@H]2O[C@@H]2O[C@H](C)[C@@H](O)[C@H](O)[C@H]2O)[C@H]1O. The fourth-order valence-corrected chi connectivity index (χ4v) is 12.2. The van der Waals surface area contributed by atoms with Gasteiger partial charge in [0.1, 0.15) is 146 Å². The van der Waals surface area contributed by atoms with E-state index in [-0.39, 0.29) is 6.42 Å². The van der Waals surface area contributed by atoms with Gasteiger partial charge in [-0.3, -0.25) is 4.79 Å². The van der Waals surface area contributed by atoms with Gasteiger partial charge >= 0.3 is 5.97 Å². The number of hydrogen-bond acceptors (Lipinski definition) is 34. The van der Waals surface area contributed by atoms with Crippen molar-refractivity contribution in [1.29, 1.82) is 0 Å². The average molecular weight is 1330 g/mol. The van der Waals surface area contributed by atoms with Gasteiger partial charge in [0, 0.05) is 0 Å². The van der Waals surface area contributed by atoms with Gasteiger partial charge in [0.25, 0.3) is 0 Å². The third-order valence-corrected chi connectivity index (χ3v) is 17.8. The maximum Gasteiger partial charge on any atom is 0.305 e. The molecule has 35 heteroatoms. The third-order valence-electron chi connectivity index (χ3n) is 17.8. The van der Waals surface area contributed by atoms with Crippen molar-refractivity contribution in [1.82, 2.24) is 0 Å². The van der Waals surface area contributed by atoms with Crippen LogP contribution in [0.2, 0.25) is 0 Å². The molecule has 7 aliphatic rings. The predicted octanol–water partition coefficient (Wildman–Crippen LogP) is -8.41. The zero-order valence-corrected chi connectivity index (χ0v) is 51.1. The molecular formula is C56H98O35. The summed E-state index contributed by atoms with van der Waals surface area (Å²) in [6.07, 6.45) is -58.5. The van der Waals surface area contributed by atoms with Crippen LogP contribution in [0.1, 0.15) is 98.8 Å². The summed E-state index contributed by atoms with van der Waals surface area (Å²) >= 11 is 0. The van der Waals surface area contributed by atoms with Crippen LogP contribution >= 0.6 is 0 Å². The van der Waals surface area contributed by atoms with Crippen LogP contribution in [-0.4, -0.2) is 355 Å². The van der Waals surface area contributed by atoms with E-state index in [4.69, 9.17) is 66.3 Å². The Kier molecular flexibility index (Phi) is 29.1. The van der Waals surface area contributed by atoms with E-state index < -0.39 is 259 Å². The molecule has 532 valence electrons. The summed E-state index contributed by atoms with van der Waals surface area (Å²) in [4.78, 5) is 11.7. The van der Waals surface area contributed by atoms with Gasteiger partial charge in [-0.2, -0.15) is 0 Å². The Balaban J connectivity index is 1.08. The summed E-state index contributed by atoms with van der Waals surface area (Å²) in [7, 11) is 0. The highest BCUT2D eigenvalue weighted by Crippen LogP contribution is 2.39. The standard InChI is InChI=1S/C56H98O35/c1-6-12-23(13-10-8-7-9-11-14-24(15-28(60)61)83-52-43(76)37(70)32(65)25(16-57)84-52)82-54-47(38(71)31(64)21(4)80-54)91-56-49(40(73)34(67)27(18-59)86-56)90-53-44(77)46(45(22(5)81-53)87-50-41(74)35(68)29(62)19(2)78-50)88-55-48(39(72)33(66)26(17-58)85-55)89-51-42(75)36(69)30(63)20(3)79-51/h19-27,29-59,62-77H,6-18H2,1-5H3,(H,60,61)/t19-,20-,21-,22+,23+,24+,25-,26-,27-,29+,30-,31+,32-,33-,34-,35+,36+,37+,38+,39+,40+,41-,42-,43-,44-,45+,46+,47-,48-,49-,50+,51+,52-,53+,54+,55+,56+/m1/s1. The molecule has 20 N–H and O–H groups in total. The molecule has 7 saturated heterocycles. The Morgan fingerprint density at radius 3 is 1.13 bits per heavy atom. The highest BCUT2D eigenvalue weighted by atomic mass is 16.8. The summed E-state index contributed by atoms with van der Waals surface area (Å²) in [5.74, 6) is -1.19. The van der Waals surface area contributed by atoms with Gasteiger partial charge < -0.3 is 168 Å². The van der Waals surface area contributed by atoms with Gasteiger partial charge in [0.2, 0.25) is 0 Å². The molecule has 7 fully saturated rings. The van der Waals surface area contributed by atoms with Gasteiger partial charge in [-0.15, -0.1) is 0 Å². The van der Waals surface area contributed by atoms with Crippen LogP contribution in [-0.2, 0) is 71.1 Å². The first-order valence-electron chi connectivity index (χ1n) is 31.2. The first-order valence-corrected chi connectivity index (χ1v) is 31.2. The lowest BCUT2D eigenvalue weighted by Crippen LogP contribution is -2.69. The van der Waals surface area contributed by atoms with Crippen molar-refractivity contribution in [3.63, 3.8) is 0 Å². The fraction of sp³-hybridized carbons (Fsp3) is 0.982. The van der Waals surface area contributed by atoms with Crippen LogP contribution < -0.4 is 0 Å². The minimum Gasteiger partial charge on any atom is -0.481 e. The maximum atomic E-state index is 12.5. The van der Waals surface area contributed by atoms with Crippen molar-refractivity contribution in [3.05, 3.63) is 0 Å². The molecule has 35 nitrogen and oxygen atoms in total. The number of carboxylic acid groups (broad SMARTS) is 1. The average Bonchev–Trinajstić information content (AvgIpc) is 0.826. The molecule has 0 unspecified atom stereocenters. The summed E-state index contributed by atoms with van der Waals surface area (Å²) in [5.41, 5.74) is 0. The van der Waals surface area contributed by atoms with E-state index in [2.05, 4.69) is 0 Å². The van der Waals surface area contributed by atoms with Crippen LogP contribution in [0.25, 0.3) is 0 Å². The highest BCUT2D eigenvalue weighted by Gasteiger charge is 2.59. The number of unbranched alkanes of at least 4 members (excludes halogenated alkanes) is 4. The summed E-state index contributed by atoms with van der Waals surface area (Å²) < 4.78 is 84.0. The molecule has 7 rings (SSSR count). The Morgan fingerprint density at radius 1 is 0.330 bits per heavy atom. The van der Waals surface area contributed by atoms with E-state index in [0.717, 1.165) is 0 Å². The van der Waals surface area contributed by atoms with Crippen LogP contribution in [0.4, 0.5) is 0 Å². The maximum absolute atomic E-state index is 12.5. The van der Waals surface area contributed by atoms with Crippen molar-refractivity contribution < 1.29 is 173 Å².